The summed E-state index contributed by atoms with van der Waals surface area (Å²) < 4.78 is 16.7. The molecular weight excluding hydrogens is 272 g/mol. The van der Waals surface area contributed by atoms with E-state index in [0.717, 1.165) is 12.1 Å². The summed E-state index contributed by atoms with van der Waals surface area (Å²) in [7, 11) is 0. The highest BCUT2D eigenvalue weighted by molar-refractivity contribution is 5.95. The number of hydrogen-bond acceptors (Lipinski definition) is 5. The molecule has 1 saturated heterocycles. The Morgan fingerprint density at radius 3 is 3.10 bits per heavy atom. The lowest BCUT2D eigenvalue weighted by molar-refractivity contribution is -0.118. The number of likely N-dealkylation sites (N-methyl/N-ethyl adjacent to an activating group) is 1. The normalized spacial score (nSPS) is 22.9. The largest absolute Gasteiger partial charge is 0.482 e. The molecule has 0 radical (unpaired) electrons. The zero-order chi connectivity index (χ0) is 14.7. The zero-order valence-electron chi connectivity index (χ0n) is 12.1. The second kappa shape index (κ2) is 6.43. The fourth-order valence-corrected chi connectivity index (χ4v) is 2.68. The Morgan fingerprint density at radius 1 is 1.43 bits per heavy atom. The van der Waals surface area contributed by atoms with E-state index < -0.39 is 0 Å². The van der Waals surface area contributed by atoms with Gasteiger partial charge < -0.3 is 24.8 Å². The van der Waals surface area contributed by atoms with Gasteiger partial charge in [-0.3, -0.25) is 4.79 Å². The van der Waals surface area contributed by atoms with Gasteiger partial charge in [-0.2, -0.15) is 0 Å². The third-order valence-electron chi connectivity index (χ3n) is 3.63. The van der Waals surface area contributed by atoms with Crippen molar-refractivity contribution in [2.45, 2.75) is 19.1 Å². The lowest BCUT2D eigenvalue weighted by Gasteiger charge is -2.32. The molecule has 2 atom stereocenters. The minimum absolute atomic E-state index is 0.0272. The number of rotatable bonds is 4. The number of carbonyl (C=O) groups excluding carboxylic acids is 1. The summed E-state index contributed by atoms with van der Waals surface area (Å²) in [6.45, 7) is 4.77. The molecule has 1 aromatic carbocycles. The molecule has 6 nitrogen and oxygen atoms in total. The SMILES string of the molecule is CCNC(c1ccc2c(c1)NC(=O)CO2)C1COCCO1. The quantitative estimate of drug-likeness (QED) is 0.869. The molecule has 2 aliphatic heterocycles. The van der Waals surface area contributed by atoms with Crippen molar-refractivity contribution < 1.29 is 19.0 Å². The molecule has 1 aromatic rings. The van der Waals surface area contributed by atoms with Gasteiger partial charge in [-0.25, -0.2) is 0 Å². The smallest absolute Gasteiger partial charge is 0.262 e. The summed E-state index contributed by atoms with van der Waals surface area (Å²) in [5, 5.41) is 6.26. The lowest BCUT2D eigenvalue weighted by atomic mass is 10.00. The monoisotopic (exact) mass is 292 g/mol. The van der Waals surface area contributed by atoms with Gasteiger partial charge in [0.15, 0.2) is 6.61 Å². The molecule has 114 valence electrons. The molecule has 0 aromatic heterocycles. The topological polar surface area (TPSA) is 68.8 Å². The standard InChI is InChI=1S/C15H20N2O4/c1-2-16-15(13-8-19-5-6-20-13)10-3-4-12-11(7-10)17-14(18)9-21-12/h3-4,7,13,15-16H,2,5-6,8-9H2,1H3,(H,17,18). The minimum atomic E-state index is -0.128. The fourth-order valence-electron chi connectivity index (χ4n) is 2.68. The van der Waals surface area contributed by atoms with Crippen LogP contribution in [-0.4, -0.2) is 45.0 Å². The number of ether oxygens (including phenoxy) is 3. The Hall–Kier alpha value is -1.63. The lowest BCUT2D eigenvalue weighted by Crippen LogP contribution is -2.40. The number of fused-ring (bicyclic) bond motifs is 1. The average Bonchev–Trinajstić information content (AvgIpc) is 2.52. The van der Waals surface area contributed by atoms with E-state index in [0.29, 0.717) is 31.3 Å². The number of hydrogen-bond donors (Lipinski definition) is 2. The van der Waals surface area contributed by atoms with Crippen LogP contribution in [-0.2, 0) is 14.3 Å². The van der Waals surface area contributed by atoms with Crippen LogP contribution in [0.2, 0.25) is 0 Å². The van der Waals surface area contributed by atoms with Crippen molar-refractivity contribution in [3.8, 4) is 5.75 Å². The Labute approximate surface area is 123 Å². The molecule has 1 amide bonds. The maximum absolute atomic E-state index is 11.4. The number of benzene rings is 1. The van der Waals surface area contributed by atoms with Crippen molar-refractivity contribution in [1.82, 2.24) is 5.32 Å². The molecular formula is C15H20N2O4. The third-order valence-corrected chi connectivity index (χ3v) is 3.63. The van der Waals surface area contributed by atoms with E-state index in [9.17, 15) is 4.79 Å². The van der Waals surface area contributed by atoms with E-state index in [1.807, 2.05) is 18.2 Å². The molecule has 2 N–H and O–H groups in total. The van der Waals surface area contributed by atoms with Gasteiger partial charge in [-0.05, 0) is 24.2 Å². The maximum Gasteiger partial charge on any atom is 0.262 e. The second-order valence-corrected chi connectivity index (χ2v) is 5.11. The first-order chi connectivity index (χ1) is 10.3. The first-order valence-corrected chi connectivity index (χ1v) is 7.27. The van der Waals surface area contributed by atoms with Crippen molar-refractivity contribution in [1.29, 1.82) is 0 Å². The first kappa shape index (κ1) is 14.3. The van der Waals surface area contributed by atoms with Crippen molar-refractivity contribution >= 4 is 11.6 Å². The van der Waals surface area contributed by atoms with Crippen molar-refractivity contribution in [3.63, 3.8) is 0 Å². The molecule has 0 saturated carbocycles. The average molecular weight is 292 g/mol. The highest BCUT2D eigenvalue weighted by Crippen LogP contribution is 2.32. The fraction of sp³-hybridized carbons (Fsp3) is 0.533. The number of carbonyl (C=O) groups is 1. The summed E-state index contributed by atoms with van der Waals surface area (Å²) in [4.78, 5) is 11.4. The number of anilines is 1. The van der Waals surface area contributed by atoms with E-state index in [4.69, 9.17) is 14.2 Å². The Bertz CT molecular complexity index is 514. The predicted octanol–water partition coefficient (Wildman–Crippen LogP) is 1.08. The van der Waals surface area contributed by atoms with Gasteiger partial charge in [-0.1, -0.05) is 13.0 Å². The molecule has 3 rings (SSSR count). The molecule has 1 fully saturated rings. The highest BCUT2D eigenvalue weighted by atomic mass is 16.6. The highest BCUT2D eigenvalue weighted by Gasteiger charge is 2.27. The van der Waals surface area contributed by atoms with Crippen molar-refractivity contribution in [2.24, 2.45) is 0 Å². The Morgan fingerprint density at radius 2 is 2.33 bits per heavy atom. The summed E-state index contributed by atoms with van der Waals surface area (Å²) in [6, 6.07) is 5.86. The maximum atomic E-state index is 11.4. The molecule has 2 aliphatic rings. The van der Waals surface area contributed by atoms with Gasteiger partial charge in [0.05, 0.1) is 31.5 Å². The van der Waals surface area contributed by atoms with Gasteiger partial charge in [0.1, 0.15) is 11.9 Å². The third kappa shape index (κ3) is 3.18. The van der Waals surface area contributed by atoms with Crippen LogP contribution in [0.5, 0.6) is 5.75 Å². The van der Waals surface area contributed by atoms with Crippen LogP contribution in [0, 0.1) is 0 Å². The van der Waals surface area contributed by atoms with E-state index >= 15 is 0 Å². The van der Waals surface area contributed by atoms with Gasteiger partial charge in [0, 0.05) is 0 Å². The predicted molar refractivity (Wildman–Crippen MR) is 77.5 cm³/mol. The van der Waals surface area contributed by atoms with E-state index in [2.05, 4.69) is 17.6 Å². The molecule has 0 bridgehead atoms. The summed E-state index contributed by atoms with van der Waals surface area (Å²) in [5.41, 5.74) is 1.76. The van der Waals surface area contributed by atoms with Crippen LogP contribution in [0.25, 0.3) is 0 Å². The van der Waals surface area contributed by atoms with E-state index in [1.54, 1.807) is 0 Å². The molecule has 0 aliphatic carbocycles. The summed E-state index contributed by atoms with van der Waals surface area (Å²) in [5.74, 6) is 0.575. The molecule has 21 heavy (non-hydrogen) atoms. The van der Waals surface area contributed by atoms with Crippen molar-refractivity contribution in [3.05, 3.63) is 23.8 Å². The Kier molecular flexibility index (Phi) is 4.38. The Balaban J connectivity index is 1.84. The van der Waals surface area contributed by atoms with Crippen LogP contribution in [0.3, 0.4) is 0 Å². The van der Waals surface area contributed by atoms with Gasteiger partial charge >= 0.3 is 0 Å². The first-order valence-electron chi connectivity index (χ1n) is 7.27. The van der Waals surface area contributed by atoms with Crippen LogP contribution in [0.15, 0.2) is 18.2 Å². The molecule has 0 spiro atoms. The molecule has 2 heterocycles. The summed E-state index contributed by atoms with van der Waals surface area (Å²) in [6.07, 6.45) is -0.0306. The van der Waals surface area contributed by atoms with Crippen LogP contribution in [0.4, 0.5) is 5.69 Å². The minimum Gasteiger partial charge on any atom is -0.482 e. The van der Waals surface area contributed by atoms with E-state index in [1.165, 1.54) is 0 Å². The van der Waals surface area contributed by atoms with Crippen LogP contribution in [0.1, 0.15) is 18.5 Å². The van der Waals surface area contributed by atoms with Crippen LogP contribution < -0.4 is 15.4 Å². The molecule has 2 unspecified atom stereocenters. The molecule has 6 heteroatoms. The van der Waals surface area contributed by atoms with Gasteiger partial charge in [-0.15, -0.1) is 0 Å². The second-order valence-electron chi connectivity index (χ2n) is 5.11. The van der Waals surface area contributed by atoms with Crippen molar-refractivity contribution in [2.75, 3.05) is 38.3 Å². The van der Waals surface area contributed by atoms with Gasteiger partial charge in [0.2, 0.25) is 0 Å². The number of amides is 1. The zero-order valence-corrected chi connectivity index (χ0v) is 12.1. The summed E-state index contributed by atoms with van der Waals surface area (Å²) >= 11 is 0. The van der Waals surface area contributed by atoms with Gasteiger partial charge in [0.25, 0.3) is 5.91 Å². The number of nitrogens with one attached hydrogen (secondary N) is 2. The van der Waals surface area contributed by atoms with Crippen LogP contribution >= 0.6 is 0 Å². The van der Waals surface area contributed by atoms with E-state index in [-0.39, 0.29) is 24.7 Å².